The summed E-state index contributed by atoms with van der Waals surface area (Å²) in [6.07, 6.45) is 32.2. The average Bonchev–Trinajstić information content (AvgIpc) is 1.60. The lowest BCUT2D eigenvalue weighted by Gasteiger charge is -2.22. The van der Waals surface area contributed by atoms with Gasteiger partial charge in [-0.2, -0.15) is 22.0 Å². The molecular weight excluding hydrogens is 1720 g/mol. The van der Waals surface area contributed by atoms with Crippen LogP contribution in [0.1, 0.15) is 197 Å². The Hall–Kier alpha value is -14.7. The zero-order valence-corrected chi connectivity index (χ0v) is 84.1. The summed E-state index contributed by atoms with van der Waals surface area (Å²) in [5.41, 5.74) is 44.1. The van der Waals surface area contributed by atoms with Crippen molar-refractivity contribution >= 4 is 192 Å². The largest absolute Gasteiger partial charge is 0.297 e. The molecule has 10 aromatic carbocycles. The van der Waals surface area contributed by atoms with Crippen LogP contribution in [0.3, 0.4) is 0 Å². The Morgan fingerprint density at radius 3 is 1.01 bits per heavy atom. The van der Waals surface area contributed by atoms with Crippen LogP contribution in [0.2, 0.25) is 0 Å². The van der Waals surface area contributed by atoms with E-state index in [2.05, 4.69) is 385 Å². The topological polar surface area (TPSA) is 107 Å². The summed E-state index contributed by atoms with van der Waals surface area (Å²) < 4.78 is 23.9. The fraction of sp³-hybridized carbons (Fsp3) is 0.286. The first-order valence-corrected chi connectivity index (χ1v) is 51.8. The minimum Gasteiger partial charge on any atom is -0.255 e. The van der Waals surface area contributed by atoms with Crippen molar-refractivity contribution in [1.29, 1.82) is 0 Å². The lowest BCUT2D eigenvalue weighted by Crippen LogP contribution is -2.27. The molecule has 3 fully saturated rings. The molecule has 15 heterocycles. The molecule has 0 unspecified atom stereocenters. The second-order valence-electron chi connectivity index (χ2n) is 42.0. The van der Waals surface area contributed by atoms with E-state index in [1.165, 1.54) is 317 Å². The van der Waals surface area contributed by atoms with Crippen molar-refractivity contribution < 1.29 is 22.7 Å². The van der Waals surface area contributed by atoms with Crippen molar-refractivity contribution in [3.63, 3.8) is 0 Å². The van der Waals surface area contributed by atoms with Crippen LogP contribution in [0.5, 0.6) is 0 Å². The molecule has 25 aromatic rings. The molecular formula is C126H126N15+5. The number of para-hydroxylation sites is 8. The van der Waals surface area contributed by atoms with Gasteiger partial charge in [0.1, 0.15) is 27.6 Å². The smallest absolute Gasteiger partial charge is 0.255 e. The first-order chi connectivity index (χ1) is 68.8. The van der Waals surface area contributed by atoms with Gasteiger partial charge >= 0.3 is 0 Å². The highest BCUT2D eigenvalue weighted by molar-refractivity contribution is 6.16. The molecule has 28 rings (SSSR count). The molecule has 0 aliphatic heterocycles. The zero-order chi connectivity index (χ0) is 96.0. The lowest BCUT2D eigenvalue weighted by molar-refractivity contribution is -0.617. The summed E-state index contributed by atoms with van der Waals surface area (Å²) in [5.74, 6) is 3.39. The van der Waals surface area contributed by atoms with Gasteiger partial charge in [-0.15, -0.1) is 0 Å². The monoisotopic (exact) mass is 1850 g/mol. The predicted molar refractivity (Wildman–Crippen MR) is 583 cm³/mol. The number of hydrogen-bond acceptors (Lipinski definition) is 5. The van der Waals surface area contributed by atoms with Gasteiger partial charge < -0.3 is 0 Å². The van der Waals surface area contributed by atoms with Crippen molar-refractivity contribution in [3.05, 3.63) is 329 Å². The van der Waals surface area contributed by atoms with Crippen molar-refractivity contribution in [3.8, 4) is 0 Å². The quantitative estimate of drug-likeness (QED) is 0.117. The number of nitrogens with zero attached hydrogens (tertiary/aromatic N) is 15. The van der Waals surface area contributed by atoms with Crippen LogP contribution in [0.25, 0.3) is 192 Å². The molecule has 0 bridgehead atoms. The Morgan fingerprint density at radius 2 is 0.567 bits per heavy atom. The van der Waals surface area contributed by atoms with E-state index in [4.69, 9.17) is 24.9 Å². The third kappa shape index (κ3) is 14.8. The van der Waals surface area contributed by atoms with Crippen molar-refractivity contribution in [2.24, 2.45) is 47.1 Å². The minimum absolute atomic E-state index is 0.635. The first kappa shape index (κ1) is 89.0. The Labute approximate surface area is 822 Å². The summed E-state index contributed by atoms with van der Waals surface area (Å²) in [4.78, 5) is 24.1. The van der Waals surface area contributed by atoms with E-state index < -0.39 is 0 Å². The average molecular weight is 1850 g/mol. The summed E-state index contributed by atoms with van der Waals surface area (Å²) in [6, 6.07) is 89.2. The van der Waals surface area contributed by atoms with E-state index >= 15 is 0 Å². The number of benzene rings is 10. The number of aromatic nitrogens is 15. The van der Waals surface area contributed by atoms with Gasteiger partial charge in [-0.3, -0.25) is 24.9 Å². The Balaban J connectivity index is 0.0000000954. The predicted octanol–water partition coefficient (Wildman–Crippen LogP) is 28.2. The first-order valence-electron chi connectivity index (χ1n) is 51.8. The van der Waals surface area contributed by atoms with Crippen LogP contribution < -0.4 is 22.7 Å². The maximum atomic E-state index is 4.85. The van der Waals surface area contributed by atoms with Gasteiger partial charge in [0.25, 0.3) is 28.2 Å². The van der Waals surface area contributed by atoms with Crippen molar-refractivity contribution in [1.82, 2.24) is 47.1 Å². The van der Waals surface area contributed by atoms with Crippen LogP contribution in [-0.4, -0.2) is 47.1 Å². The molecule has 141 heavy (non-hydrogen) atoms. The number of hydrogen-bond donors (Lipinski definition) is 0. The van der Waals surface area contributed by atoms with Gasteiger partial charge in [-0.1, -0.05) is 176 Å². The number of rotatable bonds is 7. The number of imidazole rings is 5. The van der Waals surface area contributed by atoms with Gasteiger partial charge in [0.05, 0.1) is 89.8 Å². The second kappa shape index (κ2) is 35.9. The molecule has 0 amide bonds. The molecule has 0 radical (unpaired) electrons. The molecule has 3 aliphatic carbocycles. The zero-order valence-electron chi connectivity index (χ0n) is 84.1. The molecule has 0 saturated heterocycles. The molecule has 0 spiro atoms. The highest BCUT2D eigenvalue weighted by Gasteiger charge is 2.34. The third-order valence-electron chi connectivity index (χ3n) is 32.2. The van der Waals surface area contributed by atoms with Crippen LogP contribution >= 0.6 is 0 Å². The Bertz CT molecular complexity index is 9330. The highest BCUT2D eigenvalue weighted by atomic mass is 15.2. The van der Waals surface area contributed by atoms with E-state index in [0.29, 0.717) is 29.6 Å². The summed E-state index contributed by atoms with van der Waals surface area (Å²) >= 11 is 0. The van der Waals surface area contributed by atoms with Gasteiger partial charge in [-0.05, 0) is 323 Å². The van der Waals surface area contributed by atoms with E-state index in [-0.39, 0.29) is 0 Å². The lowest BCUT2D eigenvalue weighted by atomic mass is 9.84. The number of aryl methyl sites for hydroxylation is 10. The van der Waals surface area contributed by atoms with E-state index in [1.807, 2.05) is 31.0 Å². The summed E-state index contributed by atoms with van der Waals surface area (Å²) in [7, 11) is 10.9. The minimum atomic E-state index is 0.635. The number of fused-ring (bicyclic) bond motifs is 40. The van der Waals surface area contributed by atoms with Crippen LogP contribution in [0, 0.1) is 46.5 Å². The normalized spacial score (nSPS) is 14.4. The molecule has 0 N–H and O–H groups in total. The van der Waals surface area contributed by atoms with Crippen LogP contribution in [0.4, 0.5) is 0 Å². The molecule has 15 aromatic heterocycles. The Kier molecular flexibility index (Phi) is 22.6. The van der Waals surface area contributed by atoms with Crippen molar-refractivity contribution in [2.75, 3.05) is 0 Å². The summed E-state index contributed by atoms with van der Waals surface area (Å²) in [5, 5.41) is 12.4. The molecule has 15 nitrogen and oxygen atoms in total. The molecule has 3 saturated carbocycles. The molecule has 0 atom stereocenters. The maximum absolute atomic E-state index is 4.85. The van der Waals surface area contributed by atoms with Crippen molar-refractivity contribution in [2.45, 2.75) is 189 Å². The van der Waals surface area contributed by atoms with E-state index in [1.54, 1.807) is 0 Å². The van der Waals surface area contributed by atoms with Crippen LogP contribution in [0.15, 0.2) is 274 Å². The molecule has 700 valence electrons. The van der Waals surface area contributed by atoms with Gasteiger partial charge in [0, 0.05) is 57.9 Å². The SMILES string of the molecule is Cc1ccnc2c3cc(CC(C)C)ccc3n3c4ccccc4[n+](C)c3c12.Cc1ccnc2c3ccc(C4CCCCC4)cc3n3c4ccccc4[n+](C)c3c12.Cc1ccnc2c3ccc(CC(C)C)cc3n3c4ccccc4[n+](C)c3c12.Cc1ccnc2c3ccccc3[n+]3c4ccc(C5CCCCC5)cc4n(C)c3c12.Cc1ccnc2c3ccccc3n3c4cc(C5CCCCC5)ccc4[n+](C)c3c12. The highest BCUT2D eigenvalue weighted by Crippen LogP contribution is 2.44. The fourth-order valence-corrected chi connectivity index (χ4v) is 25.4. The Morgan fingerprint density at radius 1 is 0.262 bits per heavy atom. The van der Waals surface area contributed by atoms with Gasteiger partial charge in [-0.25, -0.2) is 22.8 Å². The maximum Gasteiger partial charge on any atom is 0.297 e. The number of pyridine rings is 10. The van der Waals surface area contributed by atoms with E-state index in [9.17, 15) is 0 Å². The van der Waals surface area contributed by atoms with E-state index in [0.717, 1.165) is 40.4 Å². The standard InChI is InChI=1S/3C26H26N3.2C24H24N3/c1-17-14-15-27-25-20-13-12-19(18-8-4-3-5-9-18)16-23(20)29-22-11-7-6-10-21(22)28(2)26(29)24(17)25;1-17-14-15-27-25-20-10-6-7-11-21(20)29-22-13-12-19(18-8-4-3-5-9-18)16-23(22)28(2)26(29)24(17)25;1-17-14-15-27-25-20-10-6-7-11-21(20)29-23-16-19(18-8-4-3-5-9-18)12-13-22(23)28(2)26(29)24(17)25;1-15(2)13-17-9-10-19-18(14-17)23-22(16(3)11-12-25-23)24-26(4)20-7-5-6-8-21(20)27(19)24;1-15(2)13-17-9-10-18-21(14-17)27-20-8-6-5-7-19(20)26(4)24(27)22-16(3)11-12-25-23(18)22/h3*6-7,10-16,18H,3-5,8-9H2,1-2H3;2*5-12,14-15H,13H2,1-4H3/q5*+1. The van der Waals surface area contributed by atoms with Gasteiger partial charge in [0.2, 0.25) is 0 Å². The van der Waals surface area contributed by atoms with Crippen LogP contribution in [-0.2, 0) is 48.1 Å². The summed E-state index contributed by atoms with van der Waals surface area (Å²) in [6.45, 7) is 20.1. The fourth-order valence-electron chi connectivity index (χ4n) is 25.4. The molecule has 15 heteroatoms. The molecule has 3 aliphatic rings. The third-order valence-corrected chi connectivity index (χ3v) is 32.2. The van der Waals surface area contributed by atoms with Gasteiger partial charge in [0.15, 0.2) is 55.2 Å². The second-order valence-corrected chi connectivity index (χ2v) is 42.0.